The van der Waals surface area contributed by atoms with E-state index in [0.717, 1.165) is 62.9 Å². The van der Waals surface area contributed by atoms with Gasteiger partial charge < -0.3 is 15.4 Å². The smallest absolute Gasteiger partial charge is 0.108 e. The number of aliphatic hydroxyl groups excluding tert-OH is 1. The molecule has 3 atom stereocenters. The van der Waals surface area contributed by atoms with Crippen molar-refractivity contribution in [2.75, 3.05) is 24.7 Å². The number of nitrogens with two attached hydrogens (primary N) is 1. The van der Waals surface area contributed by atoms with Crippen molar-refractivity contribution in [1.82, 2.24) is 0 Å². The number of hydrogen-bond acceptors (Lipinski definition) is 3. The molecule has 25 heavy (non-hydrogen) atoms. The van der Waals surface area contributed by atoms with Gasteiger partial charge in [0.15, 0.2) is 0 Å². The maximum atomic E-state index is 12.2. The molecule has 3 N–H and O–H groups in total. The van der Waals surface area contributed by atoms with E-state index in [0.29, 0.717) is 18.4 Å². The lowest BCUT2D eigenvalue weighted by atomic mass is 9.82. The van der Waals surface area contributed by atoms with Gasteiger partial charge in [-0.2, -0.15) is 0 Å². The van der Waals surface area contributed by atoms with Gasteiger partial charge in [-0.05, 0) is 67.7 Å². The molecule has 1 aromatic rings. The van der Waals surface area contributed by atoms with Crippen LogP contribution in [-0.4, -0.2) is 34.3 Å². The zero-order chi connectivity index (χ0) is 18.1. The zero-order valence-electron chi connectivity index (χ0n) is 15.7. The van der Waals surface area contributed by atoms with Crippen molar-refractivity contribution in [2.24, 2.45) is 11.7 Å². The maximum Gasteiger partial charge on any atom is 0.108 e. The van der Waals surface area contributed by atoms with Gasteiger partial charge in [0.05, 0.1) is 0 Å². The molecule has 3 nitrogen and oxygen atoms in total. The fourth-order valence-electron chi connectivity index (χ4n) is 3.82. The van der Waals surface area contributed by atoms with E-state index >= 15 is 0 Å². The zero-order valence-corrected chi connectivity index (χ0v) is 16.5. The number of unbranched alkanes of at least 4 members (excludes halogenated alkanes) is 2. The van der Waals surface area contributed by atoms with Gasteiger partial charge >= 0.3 is 0 Å². The largest absolute Gasteiger partial charge is 0.616 e. The molecule has 0 saturated heterocycles. The average molecular weight is 366 g/mol. The molecule has 1 unspecified atom stereocenters. The average Bonchev–Trinajstić information content (AvgIpc) is 2.63. The van der Waals surface area contributed by atoms with E-state index in [4.69, 9.17) is 10.8 Å². The molecule has 2 rings (SSSR count). The van der Waals surface area contributed by atoms with Crippen molar-refractivity contribution in [3.63, 3.8) is 0 Å². The van der Waals surface area contributed by atoms with E-state index in [1.807, 2.05) is 0 Å². The summed E-state index contributed by atoms with van der Waals surface area (Å²) in [6.45, 7) is 3.09. The predicted octanol–water partition coefficient (Wildman–Crippen LogP) is 3.55. The van der Waals surface area contributed by atoms with Crippen LogP contribution in [-0.2, 0) is 24.0 Å². The lowest BCUT2D eigenvalue weighted by Crippen LogP contribution is -2.24. The summed E-state index contributed by atoms with van der Waals surface area (Å²) >= 11 is -0.649. The highest BCUT2D eigenvalue weighted by atomic mass is 32.2. The lowest BCUT2D eigenvalue weighted by Gasteiger charge is -2.27. The van der Waals surface area contributed by atoms with E-state index in [2.05, 4.69) is 25.1 Å². The summed E-state index contributed by atoms with van der Waals surface area (Å²) in [6.07, 6.45) is 8.48. The van der Waals surface area contributed by atoms with Gasteiger partial charge in [-0.3, -0.25) is 0 Å². The first-order chi connectivity index (χ1) is 12.2. The highest BCUT2D eigenvalue weighted by Gasteiger charge is 2.24. The van der Waals surface area contributed by atoms with Crippen molar-refractivity contribution >= 4 is 11.2 Å². The van der Waals surface area contributed by atoms with Gasteiger partial charge in [0.25, 0.3) is 0 Å². The molecule has 1 aromatic carbocycles. The molecule has 0 bridgehead atoms. The van der Waals surface area contributed by atoms with E-state index in [-0.39, 0.29) is 6.61 Å². The highest BCUT2D eigenvalue weighted by molar-refractivity contribution is 7.91. The van der Waals surface area contributed by atoms with Gasteiger partial charge in [0, 0.05) is 12.5 Å². The second-order valence-electron chi connectivity index (χ2n) is 7.45. The molecule has 142 valence electrons. The van der Waals surface area contributed by atoms with Crippen LogP contribution in [0.5, 0.6) is 0 Å². The second kappa shape index (κ2) is 11.2. The minimum absolute atomic E-state index is 0.266. The van der Waals surface area contributed by atoms with Crippen molar-refractivity contribution in [2.45, 2.75) is 64.2 Å². The number of benzene rings is 1. The Morgan fingerprint density at radius 2 is 2.12 bits per heavy atom. The SMILES string of the molecule is CCCC[S+]([O-])C[C@@H]1CCc2cc([C@H](CN)CCCCO)ccc2C1. The molecule has 0 spiro atoms. The Kier molecular flexibility index (Phi) is 9.32. The third kappa shape index (κ3) is 6.59. The Bertz CT molecular complexity index is 509. The van der Waals surface area contributed by atoms with Crippen LogP contribution in [0.1, 0.15) is 68.1 Å². The molecule has 0 saturated carbocycles. The molecule has 4 heteroatoms. The number of rotatable bonds is 11. The standard InChI is InChI=1S/C21H35NO2S/c1-2-3-12-25(24)16-17-7-8-19-14-20(10-9-18(19)13-17)21(15-22)6-4-5-11-23/h9-10,14,17,21,23H,2-8,11-13,15-16,22H2,1H3/t17-,21+,25?/m1/s1. The van der Waals surface area contributed by atoms with E-state index < -0.39 is 11.2 Å². The van der Waals surface area contributed by atoms with Gasteiger partial charge in [0.1, 0.15) is 11.5 Å². The van der Waals surface area contributed by atoms with E-state index in [9.17, 15) is 4.55 Å². The van der Waals surface area contributed by atoms with Gasteiger partial charge in [-0.25, -0.2) is 0 Å². The van der Waals surface area contributed by atoms with E-state index in [1.165, 1.54) is 16.7 Å². The molecule has 1 aliphatic rings. The second-order valence-corrected chi connectivity index (χ2v) is 9.07. The minimum atomic E-state index is -0.649. The summed E-state index contributed by atoms with van der Waals surface area (Å²) in [5.41, 5.74) is 10.2. The summed E-state index contributed by atoms with van der Waals surface area (Å²) < 4.78 is 12.2. The Morgan fingerprint density at radius 3 is 2.84 bits per heavy atom. The normalized spacial score (nSPS) is 19.4. The van der Waals surface area contributed by atoms with Crippen LogP contribution in [0, 0.1) is 5.92 Å². The topological polar surface area (TPSA) is 69.3 Å². The molecular formula is C21H35NO2S. The fourth-order valence-corrected chi connectivity index (χ4v) is 5.41. The first-order valence-corrected chi connectivity index (χ1v) is 11.4. The van der Waals surface area contributed by atoms with Crippen molar-refractivity contribution < 1.29 is 9.66 Å². The summed E-state index contributed by atoms with van der Waals surface area (Å²) in [5, 5.41) is 8.96. The third-order valence-electron chi connectivity index (χ3n) is 5.42. The van der Waals surface area contributed by atoms with Crippen molar-refractivity contribution in [1.29, 1.82) is 0 Å². The predicted molar refractivity (Wildman–Crippen MR) is 107 cm³/mol. The fraction of sp³-hybridized carbons (Fsp3) is 0.714. The molecule has 0 fully saturated rings. The van der Waals surface area contributed by atoms with Gasteiger partial charge in [-0.1, -0.05) is 49.1 Å². The minimum Gasteiger partial charge on any atom is -0.616 e. The number of hydrogen-bond donors (Lipinski definition) is 2. The molecule has 0 heterocycles. The van der Waals surface area contributed by atoms with Crippen LogP contribution in [0.4, 0.5) is 0 Å². The first-order valence-electron chi connectivity index (χ1n) is 9.95. The third-order valence-corrected chi connectivity index (χ3v) is 7.01. The van der Waals surface area contributed by atoms with Crippen molar-refractivity contribution in [3.05, 3.63) is 34.9 Å². The molecule has 1 aliphatic carbocycles. The van der Waals surface area contributed by atoms with Gasteiger partial charge in [-0.15, -0.1) is 0 Å². The Morgan fingerprint density at radius 1 is 1.28 bits per heavy atom. The Labute approximate surface area is 156 Å². The molecule has 0 radical (unpaired) electrons. The molecular weight excluding hydrogens is 330 g/mol. The van der Waals surface area contributed by atoms with Crippen LogP contribution >= 0.6 is 0 Å². The Balaban J connectivity index is 1.93. The number of aryl methyl sites for hydroxylation is 1. The first kappa shape index (κ1) is 20.8. The monoisotopic (exact) mass is 365 g/mol. The maximum absolute atomic E-state index is 12.2. The summed E-state index contributed by atoms with van der Waals surface area (Å²) in [4.78, 5) is 0. The lowest BCUT2D eigenvalue weighted by molar-refractivity contribution is 0.281. The Hall–Kier alpha value is -0.550. The number of aliphatic hydroxyl groups is 1. The molecule has 0 aromatic heterocycles. The highest BCUT2D eigenvalue weighted by Crippen LogP contribution is 2.30. The number of fused-ring (bicyclic) bond motifs is 1. The molecule has 0 aliphatic heterocycles. The summed E-state index contributed by atoms with van der Waals surface area (Å²) in [5.74, 6) is 2.71. The van der Waals surface area contributed by atoms with Crippen LogP contribution in [0.15, 0.2) is 18.2 Å². The van der Waals surface area contributed by atoms with Crippen molar-refractivity contribution in [3.8, 4) is 0 Å². The van der Waals surface area contributed by atoms with Crippen LogP contribution in [0.2, 0.25) is 0 Å². The summed E-state index contributed by atoms with van der Waals surface area (Å²) in [6, 6.07) is 6.88. The quantitative estimate of drug-likeness (QED) is 0.465. The van der Waals surface area contributed by atoms with E-state index in [1.54, 1.807) is 0 Å². The summed E-state index contributed by atoms with van der Waals surface area (Å²) in [7, 11) is 0. The van der Waals surface area contributed by atoms with Crippen LogP contribution in [0.3, 0.4) is 0 Å². The van der Waals surface area contributed by atoms with Gasteiger partial charge in [0.2, 0.25) is 0 Å². The molecule has 0 amide bonds. The van der Waals surface area contributed by atoms with Crippen LogP contribution < -0.4 is 5.73 Å². The van der Waals surface area contributed by atoms with Crippen LogP contribution in [0.25, 0.3) is 0 Å².